The number of nitrogens with zero attached hydrogens (tertiary/aromatic N) is 2. The zero-order chi connectivity index (χ0) is 14.0. The topological polar surface area (TPSA) is 43.8 Å². The second-order valence-electron chi connectivity index (χ2n) is 6.15. The second-order valence-corrected chi connectivity index (χ2v) is 6.15. The molecule has 1 aromatic carbocycles. The Hall–Kier alpha value is -1.61. The number of rotatable bonds is 3. The zero-order valence-corrected chi connectivity index (χ0v) is 12.2. The van der Waals surface area contributed by atoms with Crippen molar-refractivity contribution < 1.29 is 0 Å². The van der Waals surface area contributed by atoms with E-state index in [2.05, 4.69) is 50.0 Å². The van der Waals surface area contributed by atoms with E-state index in [9.17, 15) is 0 Å². The number of imidazole rings is 1. The number of benzene rings is 1. The van der Waals surface area contributed by atoms with E-state index in [1.54, 1.807) is 6.20 Å². The van der Waals surface area contributed by atoms with Gasteiger partial charge in [-0.2, -0.15) is 0 Å². The highest BCUT2D eigenvalue weighted by Crippen LogP contribution is 2.23. The van der Waals surface area contributed by atoms with Crippen LogP contribution in [-0.2, 0) is 18.9 Å². The molecule has 2 rings (SSSR count). The molecule has 0 radical (unpaired) electrons. The molecule has 0 fully saturated rings. The lowest BCUT2D eigenvalue weighted by Crippen LogP contribution is -2.18. The number of hydrogen-bond acceptors (Lipinski definition) is 2. The van der Waals surface area contributed by atoms with Gasteiger partial charge in [0, 0.05) is 19.4 Å². The summed E-state index contributed by atoms with van der Waals surface area (Å²) in [6, 6.07) is 8.67. The van der Waals surface area contributed by atoms with Crippen molar-refractivity contribution in [2.45, 2.75) is 38.6 Å². The highest BCUT2D eigenvalue weighted by atomic mass is 15.1. The minimum Gasteiger partial charge on any atom is -0.337 e. The quantitative estimate of drug-likeness (QED) is 0.918. The Kier molecular flexibility index (Phi) is 3.76. The summed E-state index contributed by atoms with van der Waals surface area (Å²) in [4.78, 5) is 4.31. The summed E-state index contributed by atoms with van der Waals surface area (Å²) in [5.41, 5.74) is 9.01. The maximum Gasteiger partial charge on any atom is 0.125 e. The lowest BCUT2D eigenvalue weighted by Gasteiger charge is -2.19. The van der Waals surface area contributed by atoms with Gasteiger partial charge >= 0.3 is 0 Å². The van der Waals surface area contributed by atoms with Gasteiger partial charge < -0.3 is 10.3 Å². The van der Waals surface area contributed by atoms with E-state index < -0.39 is 0 Å². The summed E-state index contributed by atoms with van der Waals surface area (Å²) in [7, 11) is 1.98. The van der Waals surface area contributed by atoms with Crippen LogP contribution in [0.2, 0.25) is 0 Å². The third-order valence-corrected chi connectivity index (χ3v) is 3.47. The van der Waals surface area contributed by atoms with Crippen LogP contribution in [0.3, 0.4) is 0 Å². The summed E-state index contributed by atoms with van der Waals surface area (Å²) in [5, 5.41) is 0. The number of nitrogens with two attached hydrogens (primary N) is 1. The maximum absolute atomic E-state index is 6.21. The van der Waals surface area contributed by atoms with Crippen LogP contribution in [0.5, 0.6) is 0 Å². The molecule has 1 aromatic heterocycles. The van der Waals surface area contributed by atoms with Gasteiger partial charge in [-0.1, -0.05) is 45.0 Å². The molecule has 0 saturated carbocycles. The van der Waals surface area contributed by atoms with Crippen LogP contribution in [0.25, 0.3) is 0 Å². The highest BCUT2D eigenvalue weighted by molar-refractivity contribution is 5.28. The molecule has 0 amide bonds. The molecule has 1 unspecified atom stereocenters. The number of hydrogen-bond donors (Lipinski definition) is 1. The van der Waals surface area contributed by atoms with Gasteiger partial charge in [0.15, 0.2) is 0 Å². The van der Waals surface area contributed by atoms with E-state index in [0.717, 1.165) is 12.2 Å². The van der Waals surface area contributed by atoms with Crippen LogP contribution in [0.15, 0.2) is 36.7 Å². The van der Waals surface area contributed by atoms with Crippen LogP contribution in [0.1, 0.15) is 43.8 Å². The Labute approximate surface area is 115 Å². The normalized spacial score (nSPS) is 13.5. The fraction of sp³-hybridized carbons (Fsp3) is 0.438. The van der Waals surface area contributed by atoms with Crippen LogP contribution in [-0.4, -0.2) is 9.55 Å². The second kappa shape index (κ2) is 5.17. The predicted molar refractivity (Wildman–Crippen MR) is 79.0 cm³/mol. The van der Waals surface area contributed by atoms with Crippen molar-refractivity contribution in [3.8, 4) is 0 Å². The van der Waals surface area contributed by atoms with E-state index in [0.29, 0.717) is 0 Å². The minimum absolute atomic E-state index is 0.0551. The summed E-state index contributed by atoms with van der Waals surface area (Å²) < 4.78 is 1.98. The smallest absolute Gasteiger partial charge is 0.125 e. The summed E-state index contributed by atoms with van der Waals surface area (Å²) in [5.74, 6) is 0.930. The van der Waals surface area contributed by atoms with Crippen LogP contribution >= 0.6 is 0 Å². The van der Waals surface area contributed by atoms with Crippen molar-refractivity contribution in [1.82, 2.24) is 9.55 Å². The van der Waals surface area contributed by atoms with Crippen molar-refractivity contribution in [2.75, 3.05) is 0 Å². The Morgan fingerprint density at radius 3 is 2.32 bits per heavy atom. The van der Waals surface area contributed by atoms with Crippen LogP contribution < -0.4 is 5.73 Å². The first-order valence-corrected chi connectivity index (χ1v) is 6.70. The average Bonchev–Trinajstić information content (AvgIpc) is 2.75. The first-order valence-electron chi connectivity index (χ1n) is 6.70. The number of aryl methyl sites for hydroxylation is 1. The van der Waals surface area contributed by atoms with Gasteiger partial charge in [0.25, 0.3) is 0 Å². The molecule has 3 nitrogen and oxygen atoms in total. The van der Waals surface area contributed by atoms with E-state index in [-0.39, 0.29) is 11.5 Å². The average molecular weight is 257 g/mol. The molecule has 0 aliphatic carbocycles. The molecule has 102 valence electrons. The van der Waals surface area contributed by atoms with Gasteiger partial charge in [0.1, 0.15) is 5.82 Å². The molecule has 0 aliphatic rings. The van der Waals surface area contributed by atoms with Crippen LogP contribution in [0.4, 0.5) is 0 Å². The molecule has 2 N–H and O–H groups in total. The molecule has 1 atom stereocenters. The Morgan fingerprint density at radius 1 is 1.21 bits per heavy atom. The lowest BCUT2D eigenvalue weighted by molar-refractivity contribution is 0.589. The molecular weight excluding hydrogens is 234 g/mol. The third-order valence-electron chi connectivity index (χ3n) is 3.47. The van der Waals surface area contributed by atoms with Crippen LogP contribution in [0, 0.1) is 0 Å². The molecule has 0 saturated heterocycles. The van der Waals surface area contributed by atoms with Gasteiger partial charge in [-0.25, -0.2) is 4.98 Å². The van der Waals surface area contributed by atoms with Crippen molar-refractivity contribution in [3.63, 3.8) is 0 Å². The fourth-order valence-electron chi connectivity index (χ4n) is 2.22. The van der Waals surface area contributed by atoms with E-state index in [1.165, 1.54) is 11.1 Å². The Bertz CT molecular complexity index is 532. The minimum atomic E-state index is -0.0551. The number of aromatic nitrogens is 2. The molecular formula is C16H23N3. The monoisotopic (exact) mass is 257 g/mol. The van der Waals surface area contributed by atoms with E-state index >= 15 is 0 Å². The third kappa shape index (κ3) is 3.24. The van der Waals surface area contributed by atoms with E-state index in [1.807, 2.05) is 17.8 Å². The first-order chi connectivity index (χ1) is 8.88. The molecule has 0 spiro atoms. The van der Waals surface area contributed by atoms with Gasteiger partial charge in [-0.05, 0) is 23.0 Å². The largest absolute Gasteiger partial charge is 0.337 e. The van der Waals surface area contributed by atoms with Crippen molar-refractivity contribution in [3.05, 3.63) is 53.6 Å². The fourth-order valence-corrected chi connectivity index (χ4v) is 2.22. The first kappa shape index (κ1) is 13.8. The molecule has 19 heavy (non-hydrogen) atoms. The van der Waals surface area contributed by atoms with Crippen molar-refractivity contribution in [2.24, 2.45) is 12.8 Å². The Morgan fingerprint density at radius 2 is 1.84 bits per heavy atom. The van der Waals surface area contributed by atoms with E-state index in [4.69, 9.17) is 5.73 Å². The highest BCUT2D eigenvalue weighted by Gasteiger charge is 2.14. The Balaban J connectivity index is 2.10. The summed E-state index contributed by atoms with van der Waals surface area (Å²) in [6.07, 6.45) is 4.53. The molecule has 0 bridgehead atoms. The van der Waals surface area contributed by atoms with Gasteiger partial charge in [-0.3, -0.25) is 0 Å². The SMILES string of the molecule is Cn1ccnc1C(N)Cc1ccc(C(C)(C)C)cc1. The van der Waals surface area contributed by atoms with Crippen molar-refractivity contribution >= 4 is 0 Å². The summed E-state index contributed by atoms with van der Waals surface area (Å²) in [6.45, 7) is 6.67. The van der Waals surface area contributed by atoms with Gasteiger partial charge in [0.05, 0.1) is 6.04 Å². The molecule has 0 aliphatic heterocycles. The van der Waals surface area contributed by atoms with Gasteiger partial charge in [-0.15, -0.1) is 0 Å². The summed E-state index contributed by atoms with van der Waals surface area (Å²) >= 11 is 0. The predicted octanol–water partition coefficient (Wildman–Crippen LogP) is 2.96. The van der Waals surface area contributed by atoms with Crippen molar-refractivity contribution in [1.29, 1.82) is 0 Å². The standard InChI is InChI=1S/C16H23N3/c1-16(2,3)13-7-5-12(6-8-13)11-14(17)15-18-9-10-19(15)4/h5-10,14H,11,17H2,1-4H3. The zero-order valence-electron chi connectivity index (χ0n) is 12.2. The lowest BCUT2D eigenvalue weighted by atomic mass is 9.86. The molecule has 3 heteroatoms. The molecule has 2 aromatic rings. The molecule has 1 heterocycles. The van der Waals surface area contributed by atoms with Gasteiger partial charge in [0.2, 0.25) is 0 Å². The maximum atomic E-state index is 6.21.